The molecule has 1 aromatic carbocycles. The lowest BCUT2D eigenvalue weighted by atomic mass is 10.1. The first-order chi connectivity index (χ1) is 7.38. The zero-order chi connectivity index (χ0) is 10.5. The van der Waals surface area contributed by atoms with E-state index in [2.05, 4.69) is 4.90 Å². The molecule has 1 saturated heterocycles. The van der Waals surface area contributed by atoms with Crippen molar-refractivity contribution in [3.63, 3.8) is 0 Å². The molecule has 0 aliphatic carbocycles. The molecule has 1 fully saturated rings. The highest BCUT2D eigenvalue weighted by Gasteiger charge is 2.27. The van der Waals surface area contributed by atoms with Crippen LogP contribution in [0.1, 0.15) is 6.42 Å². The molecule has 0 radical (unpaired) electrons. The molecule has 1 heterocycles. The Balaban J connectivity index is 1.68. The van der Waals surface area contributed by atoms with Gasteiger partial charge in [-0.25, -0.2) is 0 Å². The van der Waals surface area contributed by atoms with E-state index in [1.165, 1.54) is 0 Å². The van der Waals surface area contributed by atoms with Gasteiger partial charge in [0.1, 0.15) is 11.9 Å². The van der Waals surface area contributed by atoms with Crippen molar-refractivity contribution >= 4 is 0 Å². The van der Waals surface area contributed by atoms with Gasteiger partial charge in [-0.3, -0.25) is 9.29 Å². The van der Waals surface area contributed by atoms with Gasteiger partial charge in [-0.2, -0.15) is 0 Å². The minimum absolute atomic E-state index is 0.222. The number of hydrogen-bond donors (Lipinski definition) is 0. The summed E-state index contributed by atoms with van der Waals surface area (Å²) in [5.41, 5.74) is 0. The summed E-state index contributed by atoms with van der Waals surface area (Å²) in [6, 6.07) is 9.83. The lowest BCUT2D eigenvalue weighted by Crippen LogP contribution is -2.53. The molecule has 0 aromatic heterocycles. The third-order valence-corrected chi connectivity index (χ3v) is 2.58. The summed E-state index contributed by atoms with van der Waals surface area (Å²) in [4.78, 5) is 2.22. The minimum atomic E-state index is -0.222. The predicted molar refractivity (Wildman–Crippen MR) is 57.9 cm³/mol. The van der Waals surface area contributed by atoms with Gasteiger partial charge >= 0.3 is 0 Å². The van der Waals surface area contributed by atoms with E-state index < -0.39 is 0 Å². The highest BCUT2D eigenvalue weighted by atomic mass is 19.1. The van der Waals surface area contributed by atoms with Crippen molar-refractivity contribution in [1.82, 2.24) is 4.90 Å². The van der Waals surface area contributed by atoms with E-state index in [1.54, 1.807) is 0 Å². The Morgan fingerprint density at radius 2 is 2.00 bits per heavy atom. The van der Waals surface area contributed by atoms with Gasteiger partial charge in [0.15, 0.2) is 0 Å². The standard InChI is InChI=1S/C12H16FNO/c13-7-4-8-14-9-12(10-14)15-11-5-2-1-3-6-11/h1-3,5-6,12H,4,7-10H2. The summed E-state index contributed by atoms with van der Waals surface area (Å²) >= 11 is 0. The Hall–Kier alpha value is -1.09. The zero-order valence-corrected chi connectivity index (χ0v) is 8.73. The minimum Gasteiger partial charge on any atom is -0.488 e. The fraction of sp³-hybridized carbons (Fsp3) is 0.500. The molecule has 0 saturated carbocycles. The highest BCUT2D eigenvalue weighted by Crippen LogP contribution is 2.17. The molecule has 0 unspecified atom stereocenters. The summed E-state index contributed by atoms with van der Waals surface area (Å²) < 4.78 is 17.6. The molecule has 3 heteroatoms. The highest BCUT2D eigenvalue weighted by molar-refractivity contribution is 5.21. The molecule has 0 bridgehead atoms. The fourth-order valence-electron chi connectivity index (χ4n) is 1.75. The van der Waals surface area contributed by atoms with Crippen LogP contribution in [0.5, 0.6) is 5.75 Å². The number of hydrogen-bond acceptors (Lipinski definition) is 2. The van der Waals surface area contributed by atoms with Crippen LogP contribution in [0.2, 0.25) is 0 Å². The summed E-state index contributed by atoms with van der Waals surface area (Å²) in [6.07, 6.45) is 0.921. The summed E-state index contributed by atoms with van der Waals surface area (Å²) in [7, 11) is 0. The van der Waals surface area contributed by atoms with Crippen molar-refractivity contribution in [3.8, 4) is 5.75 Å². The average molecular weight is 209 g/mol. The Labute approximate surface area is 89.7 Å². The second-order valence-corrected chi connectivity index (χ2v) is 3.86. The summed E-state index contributed by atoms with van der Waals surface area (Å²) in [5.74, 6) is 0.924. The van der Waals surface area contributed by atoms with E-state index in [-0.39, 0.29) is 12.8 Å². The van der Waals surface area contributed by atoms with Crippen molar-refractivity contribution in [2.75, 3.05) is 26.3 Å². The molecule has 2 rings (SSSR count). The molecule has 1 aliphatic heterocycles. The molecule has 15 heavy (non-hydrogen) atoms. The van der Waals surface area contributed by atoms with Crippen LogP contribution in [0.3, 0.4) is 0 Å². The lowest BCUT2D eigenvalue weighted by Gasteiger charge is -2.38. The Morgan fingerprint density at radius 1 is 1.27 bits per heavy atom. The molecule has 2 nitrogen and oxygen atoms in total. The number of rotatable bonds is 5. The van der Waals surface area contributed by atoms with Gasteiger partial charge in [-0.05, 0) is 18.6 Å². The van der Waals surface area contributed by atoms with E-state index in [9.17, 15) is 4.39 Å². The first-order valence-corrected chi connectivity index (χ1v) is 5.38. The average Bonchev–Trinajstić information content (AvgIpc) is 2.23. The summed E-state index contributed by atoms with van der Waals surface area (Å²) in [5, 5.41) is 0. The molecular weight excluding hydrogens is 193 g/mol. The van der Waals surface area contributed by atoms with Crippen LogP contribution in [0.4, 0.5) is 4.39 Å². The molecule has 1 aliphatic rings. The van der Waals surface area contributed by atoms with Crippen molar-refractivity contribution in [1.29, 1.82) is 0 Å². The molecule has 0 spiro atoms. The largest absolute Gasteiger partial charge is 0.488 e. The quantitative estimate of drug-likeness (QED) is 0.736. The molecule has 82 valence electrons. The topological polar surface area (TPSA) is 12.5 Å². The molecular formula is C12H16FNO. The van der Waals surface area contributed by atoms with Crippen molar-refractivity contribution in [2.24, 2.45) is 0 Å². The Bertz CT molecular complexity index is 285. The maximum atomic E-state index is 11.9. The molecule has 0 atom stereocenters. The van der Waals surface area contributed by atoms with Crippen LogP contribution in [0.25, 0.3) is 0 Å². The van der Waals surface area contributed by atoms with Gasteiger partial charge in [0.25, 0.3) is 0 Å². The second kappa shape index (κ2) is 5.12. The number of para-hydroxylation sites is 1. The number of likely N-dealkylation sites (tertiary alicyclic amines) is 1. The number of ether oxygens (including phenoxy) is 1. The second-order valence-electron chi connectivity index (χ2n) is 3.86. The smallest absolute Gasteiger partial charge is 0.124 e. The maximum Gasteiger partial charge on any atom is 0.124 e. The molecule has 0 N–H and O–H groups in total. The van der Waals surface area contributed by atoms with Crippen LogP contribution in [0, 0.1) is 0 Å². The first-order valence-electron chi connectivity index (χ1n) is 5.38. The third kappa shape index (κ3) is 2.93. The summed E-state index contributed by atoms with van der Waals surface area (Å²) in [6.45, 7) is 2.48. The van der Waals surface area contributed by atoms with Gasteiger partial charge < -0.3 is 4.74 Å². The van der Waals surface area contributed by atoms with Crippen LogP contribution in [0.15, 0.2) is 30.3 Å². The van der Waals surface area contributed by atoms with E-state index in [1.807, 2.05) is 30.3 Å². The van der Waals surface area contributed by atoms with Crippen LogP contribution >= 0.6 is 0 Å². The molecule has 0 amide bonds. The normalized spacial score (nSPS) is 17.4. The van der Waals surface area contributed by atoms with Gasteiger partial charge in [0.05, 0.1) is 6.67 Å². The predicted octanol–water partition coefficient (Wildman–Crippen LogP) is 2.11. The van der Waals surface area contributed by atoms with Gasteiger partial charge in [-0.1, -0.05) is 18.2 Å². The van der Waals surface area contributed by atoms with Crippen molar-refractivity contribution in [2.45, 2.75) is 12.5 Å². The number of alkyl halides is 1. The van der Waals surface area contributed by atoms with E-state index in [0.29, 0.717) is 6.42 Å². The third-order valence-electron chi connectivity index (χ3n) is 2.58. The first kappa shape index (κ1) is 10.4. The van der Waals surface area contributed by atoms with Crippen LogP contribution < -0.4 is 4.74 Å². The van der Waals surface area contributed by atoms with E-state index in [0.717, 1.165) is 25.4 Å². The van der Waals surface area contributed by atoms with Gasteiger partial charge in [0.2, 0.25) is 0 Å². The zero-order valence-electron chi connectivity index (χ0n) is 8.73. The van der Waals surface area contributed by atoms with Crippen molar-refractivity contribution in [3.05, 3.63) is 30.3 Å². The van der Waals surface area contributed by atoms with Gasteiger partial charge in [0, 0.05) is 19.6 Å². The molecule has 1 aromatic rings. The number of nitrogens with zero attached hydrogens (tertiary/aromatic N) is 1. The number of halogens is 1. The van der Waals surface area contributed by atoms with Crippen molar-refractivity contribution < 1.29 is 9.13 Å². The fourth-order valence-corrected chi connectivity index (χ4v) is 1.75. The Morgan fingerprint density at radius 3 is 2.67 bits per heavy atom. The van der Waals surface area contributed by atoms with E-state index in [4.69, 9.17) is 4.74 Å². The number of benzene rings is 1. The SMILES string of the molecule is FCCCN1CC(Oc2ccccc2)C1. The van der Waals surface area contributed by atoms with Crippen LogP contribution in [-0.2, 0) is 0 Å². The van der Waals surface area contributed by atoms with Crippen LogP contribution in [-0.4, -0.2) is 37.3 Å². The lowest BCUT2D eigenvalue weighted by molar-refractivity contribution is 0.0184. The van der Waals surface area contributed by atoms with Gasteiger partial charge in [-0.15, -0.1) is 0 Å². The monoisotopic (exact) mass is 209 g/mol. The Kier molecular flexibility index (Phi) is 3.56. The maximum absolute atomic E-state index is 11.9. The van der Waals surface area contributed by atoms with E-state index >= 15 is 0 Å².